The zero-order valence-corrected chi connectivity index (χ0v) is 13.5. The summed E-state index contributed by atoms with van der Waals surface area (Å²) >= 11 is 5.81. The standard InChI is InChI=1S/C16H21ClN2O3/c1-2-22-16(21)12-4-3-9-19(10-12)11-15(20)18-14-7-5-13(17)6-8-14/h5-8,12H,2-4,9-11H2,1H3,(H,18,20)/p+1/t12-/m0/s1. The lowest BCUT2D eigenvalue weighted by Crippen LogP contribution is -3.14. The van der Waals surface area contributed by atoms with Crippen molar-refractivity contribution in [2.45, 2.75) is 19.8 Å². The predicted molar refractivity (Wildman–Crippen MR) is 85.0 cm³/mol. The molecule has 6 heteroatoms. The number of anilines is 1. The number of hydrogen-bond acceptors (Lipinski definition) is 3. The average molecular weight is 326 g/mol. The number of esters is 1. The van der Waals surface area contributed by atoms with E-state index >= 15 is 0 Å². The highest BCUT2D eigenvalue weighted by Crippen LogP contribution is 2.13. The van der Waals surface area contributed by atoms with Crippen molar-refractivity contribution in [1.29, 1.82) is 0 Å². The van der Waals surface area contributed by atoms with Gasteiger partial charge in [0.1, 0.15) is 5.92 Å². The van der Waals surface area contributed by atoms with Gasteiger partial charge < -0.3 is 15.0 Å². The summed E-state index contributed by atoms with van der Waals surface area (Å²) < 4.78 is 5.08. The zero-order chi connectivity index (χ0) is 15.9. The molecule has 5 nitrogen and oxygen atoms in total. The van der Waals surface area contributed by atoms with Crippen LogP contribution in [0.3, 0.4) is 0 Å². The second-order valence-electron chi connectivity index (χ2n) is 5.53. The molecule has 120 valence electrons. The Kier molecular flexibility index (Phi) is 6.21. The van der Waals surface area contributed by atoms with E-state index in [0.717, 1.165) is 30.0 Å². The minimum absolute atomic E-state index is 0.0539. The molecule has 1 heterocycles. The fourth-order valence-electron chi connectivity index (χ4n) is 2.74. The van der Waals surface area contributed by atoms with Crippen molar-refractivity contribution in [1.82, 2.24) is 0 Å². The largest absolute Gasteiger partial charge is 0.466 e. The molecule has 0 radical (unpaired) electrons. The van der Waals surface area contributed by atoms with Gasteiger partial charge in [-0.25, -0.2) is 0 Å². The lowest BCUT2D eigenvalue weighted by molar-refractivity contribution is -0.899. The average Bonchev–Trinajstić information content (AvgIpc) is 2.50. The van der Waals surface area contributed by atoms with Crippen LogP contribution < -0.4 is 10.2 Å². The molecule has 0 bridgehead atoms. The molecule has 1 fully saturated rings. The summed E-state index contributed by atoms with van der Waals surface area (Å²) in [5, 5.41) is 3.49. The fraction of sp³-hybridized carbons (Fsp3) is 0.500. The number of benzene rings is 1. The van der Waals surface area contributed by atoms with Crippen molar-refractivity contribution < 1.29 is 19.2 Å². The number of amides is 1. The monoisotopic (exact) mass is 325 g/mol. The Morgan fingerprint density at radius 3 is 2.77 bits per heavy atom. The number of piperidine rings is 1. The number of hydrogen-bond donors (Lipinski definition) is 2. The molecule has 1 amide bonds. The van der Waals surface area contributed by atoms with E-state index in [0.29, 0.717) is 24.7 Å². The van der Waals surface area contributed by atoms with Gasteiger partial charge in [-0.15, -0.1) is 0 Å². The van der Waals surface area contributed by atoms with Crippen molar-refractivity contribution in [3.05, 3.63) is 29.3 Å². The van der Waals surface area contributed by atoms with Crippen molar-refractivity contribution in [3.63, 3.8) is 0 Å². The van der Waals surface area contributed by atoms with Gasteiger partial charge in [0, 0.05) is 10.7 Å². The lowest BCUT2D eigenvalue weighted by atomic mass is 9.98. The first-order valence-corrected chi connectivity index (χ1v) is 8.02. The van der Waals surface area contributed by atoms with Gasteiger partial charge in [-0.1, -0.05) is 11.6 Å². The van der Waals surface area contributed by atoms with Crippen LogP contribution in [0.2, 0.25) is 5.02 Å². The molecule has 2 N–H and O–H groups in total. The molecular weight excluding hydrogens is 304 g/mol. The van der Waals surface area contributed by atoms with E-state index in [-0.39, 0.29) is 17.8 Å². The Morgan fingerprint density at radius 1 is 1.36 bits per heavy atom. The number of carbonyl (C=O) groups excluding carboxylic acids is 2. The quantitative estimate of drug-likeness (QED) is 0.798. The van der Waals surface area contributed by atoms with Gasteiger partial charge >= 0.3 is 5.97 Å². The van der Waals surface area contributed by atoms with E-state index in [1.165, 1.54) is 0 Å². The van der Waals surface area contributed by atoms with Crippen LogP contribution in [0, 0.1) is 5.92 Å². The van der Waals surface area contributed by atoms with Crippen LogP contribution in [0.5, 0.6) is 0 Å². The van der Waals surface area contributed by atoms with Crippen LogP contribution in [-0.2, 0) is 14.3 Å². The summed E-state index contributed by atoms with van der Waals surface area (Å²) in [6, 6.07) is 7.02. The second kappa shape index (κ2) is 8.15. The molecule has 1 aromatic rings. The molecule has 2 atom stereocenters. The molecule has 0 saturated carbocycles. The Labute approximate surface area is 135 Å². The number of quaternary nitrogens is 1. The van der Waals surface area contributed by atoms with Crippen LogP contribution >= 0.6 is 11.6 Å². The van der Waals surface area contributed by atoms with E-state index < -0.39 is 0 Å². The van der Waals surface area contributed by atoms with Crippen LogP contribution in [0.1, 0.15) is 19.8 Å². The SMILES string of the molecule is CCOC(=O)[C@H]1CCC[NH+](CC(=O)Nc2ccc(Cl)cc2)C1. The molecule has 0 aliphatic carbocycles. The Bertz CT molecular complexity index is 519. The summed E-state index contributed by atoms with van der Waals surface area (Å²) in [7, 11) is 0. The number of likely N-dealkylation sites (tertiary alicyclic amines) is 1. The third-order valence-corrected chi connectivity index (χ3v) is 4.03. The van der Waals surface area contributed by atoms with E-state index in [2.05, 4.69) is 5.32 Å². The normalized spacial score (nSPS) is 21.2. The van der Waals surface area contributed by atoms with E-state index in [1.807, 2.05) is 6.92 Å². The predicted octanol–water partition coefficient (Wildman–Crippen LogP) is 1.14. The number of ether oxygens (including phenoxy) is 1. The molecule has 0 spiro atoms. The van der Waals surface area contributed by atoms with Gasteiger partial charge in [-0.05, 0) is 44.0 Å². The Balaban J connectivity index is 1.83. The van der Waals surface area contributed by atoms with Crippen molar-refractivity contribution in [2.24, 2.45) is 5.92 Å². The first-order valence-electron chi connectivity index (χ1n) is 7.64. The highest BCUT2D eigenvalue weighted by Gasteiger charge is 2.30. The number of rotatable bonds is 5. The molecule has 22 heavy (non-hydrogen) atoms. The van der Waals surface area contributed by atoms with E-state index in [1.54, 1.807) is 24.3 Å². The highest BCUT2D eigenvalue weighted by atomic mass is 35.5. The molecule has 1 aliphatic heterocycles. The maximum absolute atomic E-state index is 12.1. The summed E-state index contributed by atoms with van der Waals surface area (Å²) in [5.41, 5.74) is 0.729. The molecular formula is C16H22ClN2O3+. The Hall–Kier alpha value is -1.59. The molecule has 1 aromatic carbocycles. The topological polar surface area (TPSA) is 59.8 Å². The Morgan fingerprint density at radius 2 is 2.09 bits per heavy atom. The van der Waals surface area contributed by atoms with Gasteiger partial charge in [0.2, 0.25) is 0 Å². The van der Waals surface area contributed by atoms with Gasteiger partial charge in [-0.3, -0.25) is 9.59 Å². The minimum Gasteiger partial charge on any atom is -0.466 e. The maximum atomic E-state index is 12.1. The summed E-state index contributed by atoms with van der Waals surface area (Å²) in [5.74, 6) is -0.285. The smallest absolute Gasteiger partial charge is 0.314 e. The summed E-state index contributed by atoms with van der Waals surface area (Å²) in [6.07, 6.45) is 1.79. The van der Waals surface area contributed by atoms with Crippen molar-refractivity contribution in [3.8, 4) is 0 Å². The van der Waals surface area contributed by atoms with Gasteiger partial charge in [0.25, 0.3) is 5.91 Å². The fourth-order valence-corrected chi connectivity index (χ4v) is 2.86. The van der Waals surface area contributed by atoms with Crippen molar-refractivity contribution >= 4 is 29.2 Å². The van der Waals surface area contributed by atoms with Crippen molar-refractivity contribution in [2.75, 3.05) is 31.6 Å². The molecule has 2 rings (SSSR count). The maximum Gasteiger partial charge on any atom is 0.314 e. The lowest BCUT2D eigenvalue weighted by Gasteiger charge is -2.28. The first kappa shape index (κ1) is 16.8. The third kappa shape index (κ3) is 5.00. The van der Waals surface area contributed by atoms with Crippen LogP contribution in [-0.4, -0.2) is 38.1 Å². The minimum atomic E-state index is -0.141. The zero-order valence-electron chi connectivity index (χ0n) is 12.7. The van der Waals surface area contributed by atoms with Gasteiger partial charge in [0.05, 0.1) is 19.7 Å². The van der Waals surface area contributed by atoms with Crippen LogP contribution in [0.15, 0.2) is 24.3 Å². The first-order chi connectivity index (χ1) is 10.6. The number of nitrogens with one attached hydrogen (secondary N) is 2. The molecule has 0 aromatic heterocycles. The van der Waals surface area contributed by atoms with E-state index in [9.17, 15) is 9.59 Å². The van der Waals surface area contributed by atoms with Crippen LogP contribution in [0.25, 0.3) is 0 Å². The molecule has 1 aliphatic rings. The van der Waals surface area contributed by atoms with Gasteiger partial charge in [-0.2, -0.15) is 0 Å². The summed E-state index contributed by atoms with van der Waals surface area (Å²) in [6.45, 7) is 4.14. The number of halogens is 1. The van der Waals surface area contributed by atoms with Crippen LogP contribution in [0.4, 0.5) is 5.69 Å². The second-order valence-corrected chi connectivity index (χ2v) is 5.96. The number of carbonyl (C=O) groups is 2. The van der Waals surface area contributed by atoms with Gasteiger partial charge in [0.15, 0.2) is 6.54 Å². The highest BCUT2D eigenvalue weighted by molar-refractivity contribution is 6.30. The van der Waals surface area contributed by atoms with E-state index in [4.69, 9.17) is 16.3 Å². The molecule has 1 unspecified atom stereocenters. The molecule has 1 saturated heterocycles. The summed E-state index contributed by atoms with van der Waals surface area (Å²) in [4.78, 5) is 25.0. The third-order valence-electron chi connectivity index (χ3n) is 3.78.